The second kappa shape index (κ2) is 7.56. The van der Waals surface area contributed by atoms with Gasteiger partial charge >= 0.3 is 0 Å². The van der Waals surface area contributed by atoms with Crippen LogP contribution < -0.4 is 5.32 Å². The van der Waals surface area contributed by atoms with Gasteiger partial charge in [-0.2, -0.15) is 5.10 Å². The molecule has 0 aliphatic heterocycles. The molecule has 5 nitrogen and oxygen atoms in total. The summed E-state index contributed by atoms with van der Waals surface area (Å²) in [5.41, 5.74) is 2.78. The van der Waals surface area contributed by atoms with E-state index in [1.165, 1.54) is 11.3 Å². The van der Waals surface area contributed by atoms with Crippen molar-refractivity contribution in [1.29, 1.82) is 0 Å². The maximum Gasteiger partial charge on any atom is 0.256 e. The number of thiazole rings is 1. The molecule has 8 heteroatoms. The van der Waals surface area contributed by atoms with Crippen molar-refractivity contribution in [3.05, 3.63) is 67.3 Å². The van der Waals surface area contributed by atoms with Crippen molar-refractivity contribution < 1.29 is 4.79 Å². The molecule has 25 heavy (non-hydrogen) atoms. The number of nitrogens with one attached hydrogen (secondary N) is 1. The Bertz CT molecular complexity index is 919. The third kappa shape index (κ3) is 4.03. The molecule has 0 saturated heterocycles. The molecule has 0 radical (unpaired) electrons. The van der Waals surface area contributed by atoms with Gasteiger partial charge < -0.3 is 5.32 Å². The van der Waals surface area contributed by atoms with Gasteiger partial charge in [-0.05, 0) is 25.5 Å². The molecule has 0 atom stereocenters. The van der Waals surface area contributed by atoms with E-state index in [9.17, 15) is 4.79 Å². The minimum absolute atomic E-state index is 0.263. The highest BCUT2D eigenvalue weighted by Gasteiger charge is 2.20. The molecule has 2 heterocycles. The second-order valence-electron chi connectivity index (χ2n) is 5.57. The molecule has 0 fully saturated rings. The highest BCUT2D eigenvalue weighted by Crippen LogP contribution is 2.23. The first-order chi connectivity index (χ1) is 12.0. The van der Waals surface area contributed by atoms with Gasteiger partial charge in [0.1, 0.15) is 10.2 Å². The number of aryl methyl sites for hydroxylation is 2. The number of hydrogen-bond donors (Lipinski definition) is 1. The van der Waals surface area contributed by atoms with Crippen molar-refractivity contribution in [2.24, 2.45) is 0 Å². The maximum absolute atomic E-state index is 12.5. The molecule has 0 saturated carbocycles. The van der Waals surface area contributed by atoms with Crippen molar-refractivity contribution in [2.75, 3.05) is 0 Å². The standard InChI is InChI=1S/C17H16Cl2N4OS/c1-10-9-25-14(21-10)7-20-17(24)15-11(2)22-23(16(15)19)8-12-5-3-4-6-13(12)18/h3-6,9H,7-8H2,1-2H3,(H,20,24). The van der Waals surface area contributed by atoms with Crippen molar-refractivity contribution >= 4 is 40.4 Å². The average molecular weight is 395 g/mol. The van der Waals surface area contributed by atoms with Gasteiger partial charge in [0.2, 0.25) is 0 Å². The van der Waals surface area contributed by atoms with Gasteiger partial charge in [-0.15, -0.1) is 11.3 Å². The number of carbonyl (C=O) groups is 1. The molecule has 3 rings (SSSR count). The lowest BCUT2D eigenvalue weighted by Crippen LogP contribution is -2.23. The van der Waals surface area contributed by atoms with Crippen molar-refractivity contribution in [3.63, 3.8) is 0 Å². The van der Waals surface area contributed by atoms with Crippen LogP contribution in [-0.2, 0) is 13.1 Å². The third-order valence-electron chi connectivity index (χ3n) is 3.64. The van der Waals surface area contributed by atoms with Gasteiger partial charge in [-0.3, -0.25) is 4.79 Å². The van der Waals surface area contributed by atoms with E-state index in [0.29, 0.717) is 34.5 Å². The van der Waals surface area contributed by atoms with E-state index >= 15 is 0 Å². The first-order valence-corrected chi connectivity index (χ1v) is 9.24. The Hall–Kier alpha value is -1.89. The van der Waals surface area contributed by atoms with Crippen molar-refractivity contribution in [1.82, 2.24) is 20.1 Å². The van der Waals surface area contributed by atoms with Crippen LogP contribution in [0, 0.1) is 13.8 Å². The van der Waals surface area contributed by atoms with Crippen LogP contribution in [0.4, 0.5) is 0 Å². The van der Waals surface area contributed by atoms with Gasteiger partial charge in [-0.25, -0.2) is 9.67 Å². The molecule has 1 aromatic carbocycles. The van der Waals surface area contributed by atoms with Crippen LogP contribution >= 0.6 is 34.5 Å². The molecule has 130 valence electrons. The van der Waals surface area contributed by atoms with E-state index < -0.39 is 0 Å². The van der Waals surface area contributed by atoms with Crippen LogP contribution in [0.2, 0.25) is 10.2 Å². The van der Waals surface area contributed by atoms with E-state index in [1.54, 1.807) is 11.6 Å². The van der Waals surface area contributed by atoms with E-state index in [1.807, 2.05) is 36.6 Å². The summed E-state index contributed by atoms with van der Waals surface area (Å²) in [5.74, 6) is -0.263. The molecule has 0 bridgehead atoms. The van der Waals surface area contributed by atoms with E-state index in [4.69, 9.17) is 23.2 Å². The zero-order valence-electron chi connectivity index (χ0n) is 13.7. The number of hydrogen-bond acceptors (Lipinski definition) is 4. The van der Waals surface area contributed by atoms with Gasteiger partial charge in [0.25, 0.3) is 5.91 Å². The quantitative estimate of drug-likeness (QED) is 0.703. The van der Waals surface area contributed by atoms with Crippen LogP contribution in [0.5, 0.6) is 0 Å². The topological polar surface area (TPSA) is 59.8 Å². The monoisotopic (exact) mass is 394 g/mol. The van der Waals surface area contributed by atoms with Crippen molar-refractivity contribution in [3.8, 4) is 0 Å². The maximum atomic E-state index is 12.5. The Kier molecular flexibility index (Phi) is 5.42. The Balaban J connectivity index is 1.77. The molecule has 0 aliphatic carbocycles. The average Bonchev–Trinajstić information content (AvgIpc) is 3.11. The zero-order valence-corrected chi connectivity index (χ0v) is 16.0. The molecular weight excluding hydrogens is 379 g/mol. The summed E-state index contributed by atoms with van der Waals surface area (Å²) in [4.78, 5) is 16.8. The summed E-state index contributed by atoms with van der Waals surface area (Å²) in [7, 11) is 0. The number of rotatable bonds is 5. The Morgan fingerprint density at radius 1 is 1.28 bits per heavy atom. The molecule has 1 amide bonds. The fraction of sp³-hybridized carbons (Fsp3) is 0.235. The van der Waals surface area contributed by atoms with Gasteiger partial charge in [0, 0.05) is 16.1 Å². The molecule has 0 aliphatic rings. The Morgan fingerprint density at radius 2 is 2.04 bits per heavy atom. The van der Waals surface area contributed by atoms with Crippen LogP contribution in [0.25, 0.3) is 0 Å². The number of benzene rings is 1. The summed E-state index contributed by atoms with van der Waals surface area (Å²) in [5, 5.41) is 11.0. The third-order valence-corrected chi connectivity index (χ3v) is 5.36. The van der Waals surface area contributed by atoms with E-state index in [-0.39, 0.29) is 5.91 Å². The minimum Gasteiger partial charge on any atom is -0.345 e. The normalized spacial score (nSPS) is 10.9. The summed E-state index contributed by atoms with van der Waals surface area (Å²) < 4.78 is 1.58. The largest absolute Gasteiger partial charge is 0.345 e. The fourth-order valence-electron chi connectivity index (χ4n) is 2.43. The predicted octanol–water partition coefficient (Wildman–Crippen LogP) is 4.24. The lowest BCUT2D eigenvalue weighted by molar-refractivity contribution is 0.0950. The summed E-state index contributed by atoms with van der Waals surface area (Å²) >= 11 is 14.1. The van der Waals surface area contributed by atoms with E-state index in [0.717, 1.165) is 16.3 Å². The first kappa shape index (κ1) is 17.9. The number of amides is 1. The summed E-state index contributed by atoms with van der Waals surface area (Å²) in [6.07, 6.45) is 0. The molecule has 0 spiro atoms. The molecule has 2 aromatic heterocycles. The smallest absolute Gasteiger partial charge is 0.256 e. The Morgan fingerprint density at radius 3 is 2.72 bits per heavy atom. The van der Waals surface area contributed by atoms with Crippen LogP contribution in [-0.4, -0.2) is 20.7 Å². The fourth-order valence-corrected chi connectivity index (χ4v) is 3.66. The molecule has 1 N–H and O–H groups in total. The number of carbonyl (C=O) groups excluding carboxylic acids is 1. The van der Waals surface area contributed by atoms with E-state index in [2.05, 4.69) is 15.4 Å². The number of nitrogens with zero attached hydrogens (tertiary/aromatic N) is 3. The van der Waals surface area contributed by atoms with Crippen LogP contribution in [0.3, 0.4) is 0 Å². The van der Waals surface area contributed by atoms with Gasteiger partial charge in [0.15, 0.2) is 0 Å². The number of aromatic nitrogens is 3. The first-order valence-electron chi connectivity index (χ1n) is 7.61. The molecule has 0 unspecified atom stereocenters. The molecular formula is C17H16Cl2N4OS. The lowest BCUT2D eigenvalue weighted by atomic mass is 10.2. The lowest BCUT2D eigenvalue weighted by Gasteiger charge is -2.06. The summed E-state index contributed by atoms with van der Waals surface area (Å²) in [6.45, 7) is 4.44. The van der Waals surface area contributed by atoms with Gasteiger partial charge in [-0.1, -0.05) is 41.4 Å². The SMILES string of the molecule is Cc1csc(CNC(=O)c2c(C)nn(Cc3ccccc3Cl)c2Cl)n1. The highest BCUT2D eigenvalue weighted by molar-refractivity contribution is 7.09. The predicted molar refractivity (Wildman–Crippen MR) is 101 cm³/mol. The van der Waals surface area contributed by atoms with Crippen LogP contribution in [0.15, 0.2) is 29.6 Å². The second-order valence-corrected chi connectivity index (χ2v) is 7.27. The summed E-state index contributed by atoms with van der Waals surface area (Å²) in [6, 6.07) is 7.47. The Labute approximate surface area is 159 Å². The molecule has 3 aromatic rings. The van der Waals surface area contributed by atoms with Crippen LogP contribution in [0.1, 0.15) is 32.3 Å². The van der Waals surface area contributed by atoms with Crippen molar-refractivity contribution in [2.45, 2.75) is 26.9 Å². The number of halogens is 2. The minimum atomic E-state index is -0.263. The highest BCUT2D eigenvalue weighted by atomic mass is 35.5. The van der Waals surface area contributed by atoms with Gasteiger partial charge in [0.05, 0.1) is 24.3 Å². The zero-order chi connectivity index (χ0) is 18.0.